The monoisotopic (exact) mass is 339 g/mol. The van der Waals surface area contributed by atoms with Gasteiger partial charge >= 0.3 is 0 Å². The highest BCUT2D eigenvalue weighted by molar-refractivity contribution is 7.12. The number of rotatable bonds is 3. The second kappa shape index (κ2) is 7.28. The van der Waals surface area contributed by atoms with E-state index in [1.54, 1.807) is 35.2 Å². The summed E-state index contributed by atoms with van der Waals surface area (Å²) in [6.07, 6.45) is 2.51. The third kappa shape index (κ3) is 3.47. The summed E-state index contributed by atoms with van der Waals surface area (Å²) in [7, 11) is 0. The van der Waals surface area contributed by atoms with Crippen LogP contribution in [0.25, 0.3) is 0 Å². The SMILES string of the molecule is N#Cc1ccc(NC(=O)[C@@H]2CCCCN2C(=O)c2cccs2)cc1. The van der Waals surface area contributed by atoms with Gasteiger partial charge in [-0.3, -0.25) is 9.59 Å². The van der Waals surface area contributed by atoms with Crippen molar-refractivity contribution in [2.75, 3.05) is 11.9 Å². The van der Waals surface area contributed by atoms with E-state index in [9.17, 15) is 9.59 Å². The van der Waals surface area contributed by atoms with Crippen LogP contribution >= 0.6 is 11.3 Å². The van der Waals surface area contributed by atoms with E-state index in [1.807, 2.05) is 17.5 Å². The summed E-state index contributed by atoms with van der Waals surface area (Å²) in [5, 5.41) is 13.5. The molecule has 0 aliphatic carbocycles. The Morgan fingerprint density at radius 1 is 1.21 bits per heavy atom. The van der Waals surface area contributed by atoms with Gasteiger partial charge in [0.25, 0.3) is 5.91 Å². The van der Waals surface area contributed by atoms with Crippen LogP contribution in [0.2, 0.25) is 0 Å². The third-order valence-corrected chi connectivity index (χ3v) is 4.94. The molecule has 0 saturated carbocycles. The topological polar surface area (TPSA) is 73.2 Å². The Morgan fingerprint density at radius 3 is 2.67 bits per heavy atom. The maximum atomic E-state index is 12.6. The molecule has 1 N–H and O–H groups in total. The van der Waals surface area contributed by atoms with E-state index in [-0.39, 0.29) is 11.8 Å². The molecule has 2 heterocycles. The van der Waals surface area contributed by atoms with Crippen LogP contribution in [-0.4, -0.2) is 29.3 Å². The predicted molar refractivity (Wildman–Crippen MR) is 92.8 cm³/mol. The summed E-state index contributed by atoms with van der Waals surface area (Å²) in [5.74, 6) is -0.256. The van der Waals surface area contributed by atoms with E-state index in [2.05, 4.69) is 5.32 Å². The van der Waals surface area contributed by atoms with Gasteiger partial charge < -0.3 is 10.2 Å². The Bertz CT molecular complexity index is 763. The summed E-state index contributed by atoms with van der Waals surface area (Å²) in [4.78, 5) is 27.6. The molecule has 0 bridgehead atoms. The van der Waals surface area contributed by atoms with Gasteiger partial charge in [-0.2, -0.15) is 5.26 Å². The first-order chi connectivity index (χ1) is 11.7. The van der Waals surface area contributed by atoms with Gasteiger partial charge in [-0.1, -0.05) is 6.07 Å². The van der Waals surface area contributed by atoms with Crippen LogP contribution in [0, 0.1) is 11.3 Å². The van der Waals surface area contributed by atoms with Crippen molar-refractivity contribution in [2.45, 2.75) is 25.3 Å². The number of likely N-dealkylation sites (tertiary alicyclic amines) is 1. The Morgan fingerprint density at radius 2 is 2.00 bits per heavy atom. The van der Waals surface area contributed by atoms with Gasteiger partial charge in [0.15, 0.2) is 0 Å². The van der Waals surface area contributed by atoms with Gasteiger partial charge in [0.2, 0.25) is 5.91 Å². The molecule has 3 rings (SSSR count). The molecule has 6 heteroatoms. The molecule has 0 radical (unpaired) electrons. The van der Waals surface area contributed by atoms with Gasteiger partial charge in [-0.05, 0) is 55.0 Å². The fraction of sp³-hybridized carbons (Fsp3) is 0.278. The number of piperidine rings is 1. The molecule has 2 aromatic rings. The number of hydrogen-bond acceptors (Lipinski definition) is 4. The Kier molecular flexibility index (Phi) is 4.92. The molecule has 122 valence electrons. The number of nitriles is 1. The van der Waals surface area contributed by atoms with E-state index in [1.165, 1.54) is 11.3 Å². The van der Waals surface area contributed by atoms with Crippen LogP contribution in [0.5, 0.6) is 0 Å². The molecule has 1 aromatic heterocycles. The zero-order valence-corrected chi connectivity index (χ0v) is 13.9. The highest BCUT2D eigenvalue weighted by Crippen LogP contribution is 2.23. The molecule has 1 fully saturated rings. The zero-order chi connectivity index (χ0) is 16.9. The van der Waals surface area contributed by atoms with Crippen LogP contribution in [0.15, 0.2) is 41.8 Å². The highest BCUT2D eigenvalue weighted by Gasteiger charge is 2.33. The normalized spacial score (nSPS) is 17.1. The molecule has 1 atom stereocenters. The number of carbonyl (C=O) groups excluding carboxylic acids is 2. The van der Waals surface area contributed by atoms with Gasteiger partial charge in [0.05, 0.1) is 16.5 Å². The lowest BCUT2D eigenvalue weighted by atomic mass is 10.0. The number of benzene rings is 1. The molecule has 1 aliphatic rings. The van der Waals surface area contributed by atoms with Crippen molar-refractivity contribution in [1.29, 1.82) is 5.26 Å². The van der Waals surface area contributed by atoms with E-state index in [0.29, 0.717) is 29.1 Å². The molecular formula is C18H17N3O2S. The molecule has 2 amide bonds. The number of anilines is 1. The Labute approximate surface area is 144 Å². The summed E-state index contributed by atoms with van der Waals surface area (Å²) in [6, 6.07) is 11.9. The molecule has 0 spiro atoms. The van der Waals surface area contributed by atoms with Gasteiger partial charge in [0.1, 0.15) is 6.04 Å². The molecule has 0 unspecified atom stereocenters. The van der Waals surface area contributed by atoms with Crippen molar-refractivity contribution in [3.63, 3.8) is 0 Å². The zero-order valence-electron chi connectivity index (χ0n) is 13.1. The predicted octanol–water partition coefficient (Wildman–Crippen LogP) is 3.25. The lowest BCUT2D eigenvalue weighted by Gasteiger charge is -2.34. The summed E-state index contributed by atoms with van der Waals surface area (Å²) in [6.45, 7) is 0.599. The number of hydrogen-bond donors (Lipinski definition) is 1. The van der Waals surface area contributed by atoms with Crippen LogP contribution in [0.3, 0.4) is 0 Å². The molecule has 1 aromatic carbocycles. The minimum Gasteiger partial charge on any atom is -0.326 e. The third-order valence-electron chi connectivity index (χ3n) is 4.08. The maximum absolute atomic E-state index is 12.6. The largest absolute Gasteiger partial charge is 0.326 e. The van der Waals surface area contributed by atoms with E-state index >= 15 is 0 Å². The minimum absolute atomic E-state index is 0.0790. The number of carbonyl (C=O) groups is 2. The van der Waals surface area contributed by atoms with Crippen LogP contribution in [0.1, 0.15) is 34.5 Å². The summed E-state index contributed by atoms with van der Waals surface area (Å²) >= 11 is 1.39. The number of nitrogens with zero attached hydrogens (tertiary/aromatic N) is 2. The van der Waals surface area contributed by atoms with Crippen molar-refractivity contribution in [3.8, 4) is 6.07 Å². The fourth-order valence-electron chi connectivity index (χ4n) is 2.84. The Hall–Kier alpha value is -2.65. The second-order valence-electron chi connectivity index (χ2n) is 5.67. The van der Waals surface area contributed by atoms with Crippen LogP contribution in [0.4, 0.5) is 5.69 Å². The van der Waals surface area contributed by atoms with E-state index in [4.69, 9.17) is 5.26 Å². The summed E-state index contributed by atoms with van der Waals surface area (Å²) < 4.78 is 0. The molecule has 24 heavy (non-hydrogen) atoms. The molecule has 1 aliphatic heterocycles. The number of thiophene rings is 1. The van der Waals surface area contributed by atoms with Gasteiger partial charge in [-0.25, -0.2) is 0 Å². The first-order valence-corrected chi connectivity index (χ1v) is 8.72. The molecule has 5 nitrogen and oxygen atoms in total. The van der Waals surface area contributed by atoms with Crippen LogP contribution < -0.4 is 5.32 Å². The first kappa shape index (κ1) is 16.2. The second-order valence-corrected chi connectivity index (χ2v) is 6.61. The number of amides is 2. The maximum Gasteiger partial charge on any atom is 0.264 e. The standard InChI is InChI=1S/C18H17N3O2S/c19-12-13-6-8-14(9-7-13)20-17(22)15-4-1-2-10-21(15)18(23)16-5-3-11-24-16/h3,5-9,11,15H,1-2,4,10H2,(H,20,22)/t15-/m0/s1. The highest BCUT2D eigenvalue weighted by atomic mass is 32.1. The average Bonchev–Trinajstić information content (AvgIpc) is 3.16. The van der Waals surface area contributed by atoms with Crippen molar-refractivity contribution in [2.24, 2.45) is 0 Å². The summed E-state index contributed by atoms with van der Waals surface area (Å²) in [5.41, 5.74) is 1.17. The number of nitrogens with one attached hydrogen (secondary N) is 1. The molecule has 1 saturated heterocycles. The lowest BCUT2D eigenvalue weighted by molar-refractivity contribution is -0.121. The smallest absolute Gasteiger partial charge is 0.264 e. The van der Waals surface area contributed by atoms with E-state index in [0.717, 1.165) is 12.8 Å². The average molecular weight is 339 g/mol. The van der Waals surface area contributed by atoms with Crippen LogP contribution in [-0.2, 0) is 4.79 Å². The minimum atomic E-state index is -0.455. The quantitative estimate of drug-likeness (QED) is 0.933. The first-order valence-electron chi connectivity index (χ1n) is 7.84. The van der Waals surface area contributed by atoms with Gasteiger partial charge in [0, 0.05) is 12.2 Å². The lowest BCUT2D eigenvalue weighted by Crippen LogP contribution is -2.49. The van der Waals surface area contributed by atoms with Crippen molar-refractivity contribution in [3.05, 3.63) is 52.2 Å². The van der Waals surface area contributed by atoms with Crippen molar-refractivity contribution < 1.29 is 9.59 Å². The molecular weight excluding hydrogens is 322 g/mol. The van der Waals surface area contributed by atoms with Gasteiger partial charge in [-0.15, -0.1) is 11.3 Å². The van der Waals surface area contributed by atoms with Crippen molar-refractivity contribution in [1.82, 2.24) is 4.90 Å². The Balaban J connectivity index is 1.73. The van der Waals surface area contributed by atoms with Crippen molar-refractivity contribution >= 4 is 28.8 Å². The van der Waals surface area contributed by atoms with E-state index < -0.39 is 6.04 Å². The fourth-order valence-corrected chi connectivity index (χ4v) is 3.52.